The molecule has 0 aromatic rings. The average Bonchev–Trinajstić information content (AvgIpc) is 2.71. The van der Waals surface area contributed by atoms with E-state index in [1.165, 1.54) is 0 Å². The van der Waals surface area contributed by atoms with Crippen LogP contribution in [-0.2, 0) is 28.8 Å². The smallest absolute Gasteiger partial charge is 0.326 e. The Labute approximate surface area is 185 Å². The number of nitrogens with one attached hydrogen (secondary N) is 3. The highest BCUT2D eigenvalue weighted by Gasteiger charge is 2.26. The summed E-state index contributed by atoms with van der Waals surface area (Å²) in [5.74, 6) is -5.92. The van der Waals surface area contributed by atoms with E-state index in [1.54, 1.807) is 0 Å². The van der Waals surface area contributed by atoms with Gasteiger partial charge in [-0.1, -0.05) is 13.3 Å². The summed E-state index contributed by atoms with van der Waals surface area (Å²) in [6, 6.07) is -4.04. The molecule has 0 heterocycles. The van der Waals surface area contributed by atoms with Crippen LogP contribution in [0, 0.1) is 0 Å². The minimum atomic E-state index is -1.48. The van der Waals surface area contributed by atoms with Crippen LogP contribution in [0.4, 0.5) is 0 Å². The first kappa shape index (κ1) is 28.8. The number of carboxylic acid groups (broad SMARTS) is 3. The molecule has 0 bridgehead atoms. The van der Waals surface area contributed by atoms with E-state index in [4.69, 9.17) is 10.8 Å². The fourth-order valence-electron chi connectivity index (χ4n) is 2.51. The Balaban J connectivity index is 4.62. The van der Waals surface area contributed by atoms with Crippen molar-refractivity contribution < 1.29 is 44.1 Å². The Morgan fingerprint density at radius 1 is 0.781 bits per heavy atom. The molecule has 0 radical (unpaired) electrons. The van der Waals surface area contributed by atoms with Crippen LogP contribution in [-0.4, -0.2) is 75.6 Å². The fourth-order valence-corrected chi connectivity index (χ4v) is 2.51. The van der Waals surface area contributed by atoms with Gasteiger partial charge in [0, 0.05) is 25.8 Å². The molecule has 182 valence electrons. The second-order valence-electron chi connectivity index (χ2n) is 7.18. The second kappa shape index (κ2) is 15.6. The predicted octanol–water partition coefficient (Wildman–Crippen LogP) is -1.21. The molecule has 3 amide bonds. The minimum absolute atomic E-state index is 0.108. The molecule has 32 heavy (non-hydrogen) atoms. The third-order valence-electron chi connectivity index (χ3n) is 4.43. The van der Waals surface area contributed by atoms with Crippen LogP contribution in [0.3, 0.4) is 0 Å². The number of unbranched alkanes of at least 4 members (excludes halogenated alkanes) is 1. The van der Waals surface area contributed by atoms with E-state index in [0.29, 0.717) is 6.54 Å². The molecule has 0 aromatic carbocycles. The van der Waals surface area contributed by atoms with Crippen molar-refractivity contribution in [3.05, 3.63) is 0 Å². The van der Waals surface area contributed by atoms with Crippen LogP contribution in [0.15, 0.2) is 0 Å². The number of hydrogen-bond acceptors (Lipinski definition) is 7. The average molecular weight is 460 g/mol. The first-order valence-electron chi connectivity index (χ1n) is 10.3. The predicted molar refractivity (Wildman–Crippen MR) is 110 cm³/mol. The van der Waals surface area contributed by atoms with E-state index in [9.17, 15) is 39.0 Å². The number of carboxylic acids is 3. The van der Waals surface area contributed by atoms with Gasteiger partial charge in [0.2, 0.25) is 17.7 Å². The number of nitrogens with two attached hydrogens (primary N) is 1. The zero-order valence-electron chi connectivity index (χ0n) is 18.0. The van der Waals surface area contributed by atoms with Crippen molar-refractivity contribution in [2.45, 2.75) is 76.4 Å². The number of carbonyl (C=O) groups is 6. The van der Waals surface area contributed by atoms with E-state index < -0.39 is 54.3 Å². The van der Waals surface area contributed by atoms with Gasteiger partial charge in [-0.05, 0) is 25.7 Å². The number of rotatable bonds is 17. The van der Waals surface area contributed by atoms with Gasteiger partial charge < -0.3 is 37.0 Å². The number of hydrogen-bond donors (Lipinski definition) is 7. The van der Waals surface area contributed by atoms with Gasteiger partial charge in [-0.25, -0.2) is 9.59 Å². The first-order chi connectivity index (χ1) is 15.0. The lowest BCUT2D eigenvalue weighted by molar-refractivity contribution is -0.143. The lowest BCUT2D eigenvalue weighted by Crippen LogP contribution is -2.49. The monoisotopic (exact) mass is 460 g/mol. The molecule has 0 rings (SSSR count). The van der Waals surface area contributed by atoms with Gasteiger partial charge in [-0.15, -0.1) is 0 Å². The number of aliphatic carboxylic acids is 3. The molecule has 0 aliphatic heterocycles. The molecular formula is C19H32N4O9. The molecule has 0 aliphatic rings. The molecule has 3 atom stereocenters. The van der Waals surface area contributed by atoms with Crippen LogP contribution in [0.2, 0.25) is 0 Å². The lowest BCUT2D eigenvalue weighted by Gasteiger charge is -2.18. The summed E-state index contributed by atoms with van der Waals surface area (Å²) in [5, 5.41) is 34.0. The quantitative estimate of drug-likeness (QED) is 0.128. The van der Waals surface area contributed by atoms with Crippen LogP contribution < -0.4 is 21.7 Å². The molecular weight excluding hydrogens is 428 g/mol. The highest BCUT2D eigenvalue weighted by atomic mass is 16.4. The van der Waals surface area contributed by atoms with Crippen molar-refractivity contribution >= 4 is 35.6 Å². The Bertz CT molecular complexity index is 684. The molecule has 0 aliphatic carbocycles. The molecule has 0 fully saturated rings. The fraction of sp³-hybridized carbons (Fsp3) is 0.684. The summed E-state index contributed by atoms with van der Waals surface area (Å²) in [4.78, 5) is 68.9. The Morgan fingerprint density at radius 3 is 1.81 bits per heavy atom. The van der Waals surface area contributed by atoms with Crippen LogP contribution in [0.5, 0.6) is 0 Å². The second-order valence-corrected chi connectivity index (χ2v) is 7.18. The van der Waals surface area contributed by atoms with Gasteiger partial charge in [-0.3, -0.25) is 19.2 Å². The minimum Gasteiger partial charge on any atom is -0.481 e. The van der Waals surface area contributed by atoms with E-state index in [2.05, 4.69) is 16.0 Å². The molecule has 8 N–H and O–H groups in total. The number of amides is 3. The number of carbonyl (C=O) groups excluding carboxylic acids is 3. The summed E-state index contributed by atoms with van der Waals surface area (Å²) in [6.07, 6.45) is 0.106. The van der Waals surface area contributed by atoms with Crippen molar-refractivity contribution in [2.24, 2.45) is 5.73 Å². The van der Waals surface area contributed by atoms with Crippen molar-refractivity contribution in [1.82, 2.24) is 16.0 Å². The Kier molecular flexibility index (Phi) is 14.0. The molecule has 13 nitrogen and oxygen atoms in total. The molecule has 0 unspecified atom stereocenters. The van der Waals surface area contributed by atoms with Crippen LogP contribution in [0.25, 0.3) is 0 Å². The summed E-state index contributed by atoms with van der Waals surface area (Å²) < 4.78 is 0. The van der Waals surface area contributed by atoms with Crippen LogP contribution >= 0.6 is 0 Å². The maximum Gasteiger partial charge on any atom is 0.326 e. The van der Waals surface area contributed by atoms with E-state index in [-0.39, 0.29) is 38.0 Å². The Hall–Kier alpha value is -3.22. The van der Waals surface area contributed by atoms with Crippen molar-refractivity contribution in [2.75, 3.05) is 6.54 Å². The van der Waals surface area contributed by atoms with Gasteiger partial charge >= 0.3 is 17.9 Å². The third-order valence-corrected chi connectivity index (χ3v) is 4.43. The Morgan fingerprint density at radius 2 is 1.31 bits per heavy atom. The van der Waals surface area contributed by atoms with Crippen molar-refractivity contribution in [1.29, 1.82) is 0 Å². The maximum atomic E-state index is 12.1. The third kappa shape index (κ3) is 13.2. The van der Waals surface area contributed by atoms with Crippen molar-refractivity contribution in [3.63, 3.8) is 0 Å². The van der Waals surface area contributed by atoms with Gasteiger partial charge in [0.05, 0.1) is 6.04 Å². The molecule has 0 aromatic heterocycles. The summed E-state index contributed by atoms with van der Waals surface area (Å²) in [7, 11) is 0. The standard InChI is InChI=1S/C19H32N4O9/c1-2-3-10-21-14(24)7-5-12(18(29)30)22-15(25)8-6-13(19(31)32)23-17(28)11(20)4-9-16(26)27/h11-13H,2-10,20H2,1H3,(H,21,24)(H,22,25)(H,23,28)(H,26,27)(H,29,30)(H,31,32)/t11-,12-,13-/m0/s1. The van der Waals surface area contributed by atoms with E-state index >= 15 is 0 Å². The molecule has 13 heteroatoms. The molecule has 0 saturated carbocycles. The normalized spacial score (nSPS) is 13.3. The largest absolute Gasteiger partial charge is 0.481 e. The van der Waals surface area contributed by atoms with Gasteiger partial charge in [0.25, 0.3) is 0 Å². The SMILES string of the molecule is CCCCNC(=O)CC[C@H](NC(=O)CC[C@H](NC(=O)[C@@H](N)CCC(=O)O)C(=O)O)C(=O)O. The summed E-state index contributed by atoms with van der Waals surface area (Å²) >= 11 is 0. The zero-order valence-corrected chi connectivity index (χ0v) is 18.0. The summed E-state index contributed by atoms with van der Waals surface area (Å²) in [5.41, 5.74) is 5.52. The van der Waals surface area contributed by atoms with Gasteiger partial charge in [0.1, 0.15) is 12.1 Å². The first-order valence-corrected chi connectivity index (χ1v) is 10.3. The summed E-state index contributed by atoms with van der Waals surface area (Å²) in [6.45, 7) is 2.43. The van der Waals surface area contributed by atoms with Crippen LogP contribution in [0.1, 0.15) is 58.3 Å². The highest BCUT2D eigenvalue weighted by molar-refractivity contribution is 5.88. The van der Waals surface area contributed by atoms with Gasteiger partial charge in [-0.2, -0.15) is 0 Å². The topological polar surface area (TPSA) is 225 Å². The van der Waals surface area contributed by atoms with E-state index in [1.807, 2.05) is 6.92 Å². The zero-order chi connectivity index (χ0) is 24.7. The van der Waals surface area contributed by atoms with Crippen molar-refractivity contribution in [3.8, 4) is 0 Å². The maximum absolute atomic E-state index is 12.1. The lowest BCUT2D eigenvalue weighted by atomic mass is 10.1. The molecule has 0 spiro atoms. The van der Waals surface area contributed by atoms with E-state index in [0.717, 1.165) is 12.8 Å². The highest BCUT2D eigenvalue weighted by Crippen LogP contribution is 2.04. The molecule has 0 saturated heterocycles. The van der Waals surface area contributed by atoms with Gasteiger partial charge in [0.15, 0.2) is 0 Å².